The van der Waals surface area contributed by atoms with Crippen LogP contribution in [0.1, 0.15) is 58.8 Å². The van der Waals surface area contributed by atoms with Gasteiger partial charge in [-0.3, -0.25) is 0 Å². The van der Waals surface area contributed by atoms with E-state index in [1.807, 2.05) is 0 Å². The molecule has 1 saturated carbocycles. The van der Waals surface area contributed by atoms with Gasteiger partial charge in [-0.15, -0.1) is 0 Å². The van der Waals surface area contributed by atoms with Gasteiger partial charge in [0.15, 0.2) is 0 Å². The topological polar surface area (TPSA) is 12.0 Å². The molecule has 0 saturated heterocycles. The van der Waals surface area contributed by atoms with Gasteiger partial charge in [0.2, 0.25) is 0 Å². The van der Waals surface area contributed by atoms with Crippen LogP contribution in [0.3, 0.4) is 0 Å². The first kappa shape index (κ1) is 12.0. The van der Waals surface area contributed by atoms with Crippen molar-refractivity contribution in [3.8, 4) is 0 Å². The third kappa shape index (κ3) is 3.27. The van der Waals surface area contributed by atoms with Crippen molar-refractivity contribution in [2.24, 2.45) is 11.8 Å². The fourth-order valence-electron chi connectivity index (χ4n) is 3.11. The summed E-state index contributed by atoms with van der Waals surface area (Å²) in [6.07, 6.45) is 10.0. The van der Waals surface area contributed by atoms with Crippen LogP contribution in [-0.4, -0.2) is 13.1 Å². The van der Waals surface area contributed by atoms with Gasteiger partial charge < -0.3 is 5.32 Å². The Labute approximate surface area is 89.7 Å². The molecule has 1 aliphatic carbocycles. The first-order valence-corrected chi connectivity index (χ1v) is 6.46. The van der Waals surface area contributed by atoms with E-state index >= 15 is 0 Å². The Morgan fingerprint density at radius 1 is 1.21 bits per heavy atom. The van der Waals surface area contributed by atoms with Crippen molar-refractivity contribution in [3.63, 3.8) is 0 Å². The highest BCUT2D eigenvalue weighted by atomic mass is 14.9. The number of hydrogen-bond acceptors (Lipinski definition) is 1. The average Bonchev–Trinajstić information content (AvgIpc) is 2.21. The zero-order valence-electron chi connectivity index (χ0n) is 10.2. The van der Waals surface area contributed by atoms with E-state index in [0.29, 0.717) is 0 Å². The first-order valence-electron chi connectivity index (χ1n) is 6.46. The maximum atomic E-state index is 3.56. The zero-order chi connectivity index (χ0) is 10.4. The molecule has 0 spiro atoms. The summed E-state index contributed by atoms with van der Waals surface area (Å²) in [5.74, 6) is 1.81. The molecule has 0 aromatic carbocycles. The van der Waals surface area contributed by atoms with E-state index < -0.39 is 0 Å². The Kier molecular flexibility index (Phi) is 5.54. The van der Waals surface area contributed by atoms with Gasteiger partial charge in [-0.2, -0.15) is 0 Å². The summed E-state index contributed by atoms with van der Waals surface area (Å²) in [7, 11) is 2.14. The second-order valence-electron chi connectivity index (χ2n) is 4.98. The van der Waals surface area contributed by atoms with Crippen molar-refractivity contribution in [1.29, 1.82) is 0 Å². The minimum absolute atomic E-state index is 0.773. The molecule has 84 valence electrons. The van der Waals surface area contributed by atoms with E-state index in [1.54, 1.807) is 0 Å². The third-order valence-electron chi connectivity index (χ3n) is 3.85. The minimum Gasteiger partial charge on any atom is -0.316 e. The molecule has 2 atom stereocenters. The fourth-order valence-corrected chi connectivity index (χ4v) is 3.11. The highest BCUT2D eigenvalue weighted by molar-refractivity contribution is 4.82. The van der Waals surface area contributed by atoms with Gasteiger partial charge in [0.05, 0.1) is 0 Å². The van der Waals surface area contributed by atoms with Crippen LogP contribution < -0.4 is 5.32 Å². The van der Waals surface area contributed by atoms with Crippen LogP contribution in [0.5, 0.6) is 0 Å². The molecule has 1 fully saturated rings. The normalized spacial score (nSPS) is 23.4. The van der Waals surface area contributed by atoms with Crippen LogP contribution in [-0.2, 0) is 0 Å². The molecule has 0 aromatic heterocycles. The molecule has 1 N–H and O–H groups in total. The van der Waals surface area contributed by atoms with Crippen molar-refractivity contribution in [3.05, 3.63) is 0 Å². The lowest BCUT2D eigenvalue weighted by Gasteiger charge is -2.34. The molecule has 1 aliphatic rings. The van der Waals surface area contributed by atoms with Crippen LogP contribution in [0.25, 0.3) is 0 Å². The summed E-state index contributed by atoms with van der Waals surface area (Å²) in [6.45, 7) is 4.71. The van der Waals surface area contributed by atoms with E-state index in [4.69, 9.17) is 0 Å². The van der Waals surface area contributed by atoms with Crippen LogP contribution in [0.15, 0.2) is 0 Å². The number of hydrogen-bond donors (Lipinski definition) is 1. The molecular formula is C13H27N. The van der Waals surface area contributed by atoms with Gasteiger partial charge >= 0.3 is 0 Å². The quantitative estimate of drug-likeness (QED) is 0.710. The smallest absolute Gasteiger partial charge is 0.0118 e. The standard InChI is InChI=1S/C13H27N/c1-4-8-11(2)13(14-3)12-9-6-5-7-10-12/h11-14H,4-10H2,1-3H3. The number of nitrogens with one attached hydrogen (secondary N) is 1. The van der Waals surface area contributed by atoms with Crippen molar-refractivity contribution in [2.75, 3.05) is 7.05 Å². The zero-order valence-corrected chi connectivity index (χ0v) is 10.2. The molecule has 2 unspecified atom stereocenters. The molecule has 0 radical (unpaired) electrons. The van der Waals surface area contributed by atoms with Crippen molar-refractivity contribution < 1.29 is 0 Å². The van der Waals surface area contributed by atoms with Crippen molar-refractivity contribution in [2.45, 2.75) is 64.8 Å². The van der Waals surface area contributed by atoms with Crippen LogP contribution in [0, 0.1) is 11.8 Å². The lowest BCUT2D eigenvalue weighted by atomic mass is 9.78. The van der Waals surface area contributed by atoms with E-state index in [2.05, 4.69) is 26.2 Å². The van der Waals surface area contributed by atoms with Crippen molar-refractivity contribution in [1.82, 2.24) is 5.32 Å². The van der Waals surface area contributed by atoms with E-state index in [0.717, 1.165) is 17.9 Å². The fraction of sp³-hybridized carbons (Fsp3) is 1.00. The van der Waals surface area contributed by atoms with E-state index in [9.17, 15) is 0 Å². The Balaban J connectivity index is 2.41. The molecule has 0 bridgehead atoms. The second kappa shape index (κ2) is 6.44. The average molecular weight is 197 g/mol. The van der Waals surface area contributed by atoms with Crippen molar-refractivity contribution >= 4 is 0 Å². The highest BCUT2D eigenvalue weighted by Crippen LogP contribution is 2.30. The lowest BCUT2D eigenvalue weighted by molar-refractivity contribution is 0.216. The van der Waals surface area contributed by atoms with Gasteiger partial charge in [-0.25, -0.2) is 0 Å². The summed E-state index contributed by atoms with van der Waals surface area (Å²) in [4.78, 5) is 0. The molecule has 1 rings (SSSR count). The van der Waals surface area contributed by atoms with Gasteiger partial charge in [0.1, 0.15) is 0 Å². The monoisotopic (exact) mass is 197 g/mol. The SMILES string of the molecule is CCCC(C)C(NC)C1CCCCC1. The van der Waals surface area contributed by atoms with Gasteiger partial charge in [0, 0.05) is 6.04 Å². The first-order chi connectivity index (χ1) is 6.79. The van der Waals surface area contributed by atoms with Crippen LogP contribution in [0.4, 0.5) is 0 Å². The molecule has 0 aliphatic heterocycles. The highest BCUT2D eigenvalue weighted by Gasteiger charge is 2.25. The van der Waals surface area contributed by atoms with Gasteiger partial charge in [-0.05, 0) is 38.1 Å². The molecule has 1 heteroatoms. The van der Waals surface area contributed by atoms with E-state index in [1.165, 1.54) is 44.9 Å². The van der Waals surface area contributed by atoms with Crippen LogP contribution >= 0.6 is 0 Å². The summed E-state index contributed by atoms with van der Waals surface area (Å²) in [5.41, 5.74) is 0. The maximum Gasteiger partial charge on any atom is 0.0118 e. The Bertz CT molecular complexity index is 138. The predicted molar refractivity (Wildman–Crippen MR) is 63.5 cm³/mol. The molecule has 0 aromatic rings. The lowest BCUT2D eigenvalue weighted by Crippen LogP contribution is -2.40. The van der Waals surface area contributed by atoms with Gasteiger partial charge in [-0.1, -0.05) is 39.5 Å². The number of rotatable bonds is 5. The Hall–Kier alpha value is -0.0400. The molecule has 1 nitrogen and oxygen atoms in total. The largest absolute Gasteiger partial charge is 0.316 e. The summed E-state index contributed by atoms with van der Waals surface area (Å²) >= 11 is 0. The minimum atomic E-state index is 0.773. The predicted octanol–water partition coefficient (Wildman–Crippen LogP) is 3.59. The summed E-state index contributed by atoms with van der Waals surface area (Å²) in [5, 5.41) is 3.56. The third-order valence-corrected chi connectivity index (χ3v) is 3.85. The molecule has 0 heterocycles. The molecule has 0 amide bonds. The van der Waals surface area contributed by atoms with Crippen LogP contribution in [0.2, 0.25) is 0 Å². The van der Waals surface area contributed by atoms with E-state index in [-0.39, 0.29) is 0 Å². The Morgan fingerprint density at radius 3 is 2.36 bits per heavy atom. The van der Waals surface area contributed by atoms with Gasteiger partial charge in [0.25, 0.3) is 0 Å². The molecular weight excluding hydrogens is 170 g/mol. The second-order valence-corrected chi connectivity index (χ2v) is 4.98. The molecule has 14 heavy (non-hydrogen) atoms. The Morgan fingerprint density at radius 2 is 1.86 bits per heavy atom. The summed E-state index contributed by atoms with van der Waals surface area (Å²) in [6, 6.07) is 0.773. The summed E-state index contributed by atoms with van der Waals surface area (Å²) < 4.78 is 0. The maximum absolute atomic E-state index is 3.56.